The molecule has 4 heteroatoms. The first-order valence-electron chi connectivity index (χ1n) is 4.40. The number of thioether (sulfide) groups is 1. The van der Waals surface area contributed by atoms with Crippen molar-refractivity contribution in [1.29, 1.82) is 0 Å². The van der Waals surface area contributed by atoms with E-state index < -0.39 is 5.97 Å². The van der Waals surface area contributed by atoms with Crippen LogP contribution in [0.25, 0.3) is 0 Å². The summed E-state index contributed by atoms with van der Waals surface area (Å²) >= 11 is 1.99. The Balaban J connectivity index is 2.01. The van der Waals surface area contributed by atoms with Gasteiger partial charge in [0.2, 0.25) is 0 Å². The second-order valence-corrected chi connectivity index (χ2v) is 4.31. The number of quaternary nitrogens is 1. The van der Waals surface area contributed by atoms with E-state index in [0.717, 1.165) is 13.0 Å². The second-order valence-electron chi connectivity index (χ2n) is 3.09. The number of rotatable bonds is 4. The lowest BCUT2D eigenvalue weighted by Gasteiger charge is -2.23. The van der Waals surface area contributed by atoms with Gasteiger partial charge in [0.05, 0.1) is 19.6 Å². The Morgan fingerprint density at radius 3 is 2.67 bits per heavy atom. The number of carboxylic acids is 1. The first kappa shape index (κ1) is 9.86. The predicted octanol–water partition coefficient (Wildman–Crippen LogP) is -1.85. The molecule has 70 valence electrons. The van der Waals surface area contributed by atoms with Gasteiger partial charge in [-0.15, -0.1) is 0 Å². The van der Waals surface area contributed by atoms with Gasteiger partial charge in [0, 0.05) is 23.9 Å². The smallest absolute Gasteiger partial charge is 0.0863 e. The van der Waals surface area contributed by atoms with Crippen LogP contribution in [0.3, 0.4) is 0 Å². The first-order valence-corrected chi connectivity index (χ1v) is 5.55. The number of aliphatic carboxylic acids is 1. The van der Waals surface area contributed by atoms with Crippen molar-refractivity contribution in [1.82, 2.24) is 0 Å². The highest BCUT2D eigenvalue weighted by Crippen LogP contribution is 1.97. The molecule has 1 aliphatic rings. The van der Waals surface area contributed by atoms with E-state index in [4.69, 9.17) is 0 Å². The summed E-state index contributed by atoms with van der Waals surface area (Å²) in [5, 5.41) is 10.1. The average molecular weight is 189 g/mol. The fraction of sp³-hybridized carbons (Fsp3) is 0.875. The molecule has 1 fully saturated rings. The van der Waals surface area contributed by atoms with Crippen LogP contribution in [0.5, 0.6) is 0 Å². The lowest BCUT2D eigenvalue weighted by molar-refractivity contribution is -0.896. The molecule has 0 atom stereocenters. The normalized spacial score (nSPS) is 19.3. The van der Waals surface area contributed by atoms with Gasteiger partial charge in [0.1, 0.15) is 0 Å². The van der Waals surface area contributed by atoms with Gasteiger partial charge in [-0.05, 0) is 6.42 Å². The van der Waals surface area contributed by atoms with Gasteiger partial charge in [-0.25, -0.2) is 0 Å². The third-order valence-electron chi connectivity index (χ3n) is 2.11. The van der Waals surface area contributed by atoms with Crippen LogP contribution >= 0.6 is 11.8 Å². The van der Waals surface area contributed by atoms with Gasteiger partial charge in [-0.1, -0.05) is 0 Å². The fourth-order valence-electron chi connectivity index (χ4n) is 1.39. The highest BCUT2D eigenvalue weighted by Gasteiger charge is 2.12. The topological polar surface area (TPSA) is 44.6 Å². The average Bonchev–Trinajstić information content (AvgIpc) is 2.05. The molecule has 0 spiro atoms. The number of carboxylic acid groups (broad SMARTS) is 1. The maximum atomic E-state index is 10.1. The van der Waals surface area contributed by atoms with Crippen LogP contribution in [0.4, 0.5) is 0 Å². The Hall–Kier alpha value is -0.220. The summed E-state index contributed by atoms with van der Waals surface area (Å²) in [7, 11) is 0. The molecule has 1 saturated heterocycles. The predicted molar refractivity (Wildman–Crippen MR) is 47.1 cm³/mol. The largest absolute Gasteiger partial charge is 0.550 e. The molecule has 0 bridgehead atoms. The van der Waals surface area contributed by atoms with Crippen LogP contribution in [-0.4, -0.2) is 37.1 Å². The van der Waals surface area contributed by atoms with Crippen LogP contribution in [0, 0.1) is 0 Å². The summed E-state index contributed by atoms with van der Waals surface area (Å²) < 4.78 is 0. The third kappa shape index (κ3) is 3.97. The standard InChI is InChI=1S/C8H15NO2S/c10-8(11)2-1-3-9-4-6-12-7-5-9/h1-7H2,(H,10,11). The molecule has 0 aromatic heterocycles. The van der Waals surface area contributed by atoms with Crippen molar-refractivity contribution in [2.24, 2.45) is 0 Å². The van der Waals surface area contributed by atoms with Crippen molar-refractivity contribution in [3.63, 3.8) is 0 Å². The Kier molecular flexibility index (Phi) is 4.46. The summed E-state index contributed by atoms with van der Waals surface area (Å²) in [5.74, 6) is 1.53. The van der Waals surface area contributed by atoms with Crippen LogP contribution in [-0.2, 0) is 4.79 Å². The molecular weight excluding hydrogens is 174 g/mol. The fourth-order valence-corrected chi connectivity index (χ4v) is 2.46. The zero-order valence-corrected chi connectivity index (χ0v) is 7.99. The van der Waals surface area contributed by atoms with Crippen molar-refractivity contribution >= 4 is 17.7 Å². The SMILES string of the molecule is O=C([O-])CCC[NH+]1CCSCC1. The number of carbonyl (C=O) groups excluding carboxylic acids is 1. The Morgan fingerprint density at radius 1 is 1.42 bits per heavy atom. The molecule has 0 aromatic rings. The molecule has 1 heterocycles. The summed E-state index contributed by atoms with van der Waals surface area (Å²) in [4.78, 5) is 11.7. The summed E-state index contributed by atoms with van der Waals surface area (Å²) in [5.41, 5.74) is 0. The van der Waals surface area contributed by atoms with E-state index in [-0.39, 0.29) is 6.42 Å². The van der Waals surface area contributed by atoms with Crippen LogP contribution in [0.2, 0.25) is 0 Å². The first-order chi connectivity index (χ1) is 5.79. The lowest BCUT2D eigenvalue weighted by Crippen LogP contribution is -3.13. The van der Waals surface area contributed by atoms with E-state index in [0.29, 0.717) is 0 Å². The van der Waals surface area contributed by atoms with Crippen molar-refractivity contribution in [3.8, 4) is 0 Å². The maximum absolute atomic E-state index is 10.1. The quantitative estimate of drug-likeness (QED) is 0.564. The van der Waals surface area contributed by atoms with Gasteiger partial charge in [0.25, 0.3) is 0 Å². The van der Waals surface area contributed by atoms with E-state index in [2.05, 4.69) is 0 Å². The van der Waals surface area contributed by atoms with E-state index >= 15 is 0 Å². The van der Waals surface area contributed by atoms with E-state index in [9.17, 15) is 9.90 Å². The van der Waals surface area contributed by atoms with Gasteiger partial charge >= 0.3 is 0 Å². The number of hydrogen-bond acceptors (Lipinski definition) is 3. The lowest BCUT2D eigenvalue weighted by atomic mass is 10.3. The third-order valence-corrected chi connectivity index (χ3v) is 3.10. The molecule has 0 amide bonds. The Morgan fingerprint density at radius 2 is 2.08 bits per heavy atom. The highest BCUT2D eigenvalue weighted by atomic mass is 32.2. The van der Waals surface area contributed by atoms with Gasteiger partial charge < -0.3 is 14.8 Å². The molecule has 12 heavy (non-hydrogen) atoms. The van der Waals surface area contributed by atoms with Gasteiger partial charge in [0.15, 0.2) is 0 Å². The van der Waals surface area contributed by atoms with Crippen molar-refractivity contribution in [3.05, 3.63) is 0 Å². The minimum absolute atomic E-state index is 0.219. The van der Waals surface area contributed by atoms with E-state index in [1.54, 1.807) is 4.90 Å². The molecule has 0 aliphatic carbocycles. The zero-order valence-electron chi connectivity index (χ0n) is 7.17. The number of hydrogen-bond donors (Lipinski definition) is 1. The summed E-state index contributed by atoms with van der Waals surface area (Å²) in [6.45, 7) is 3.38. The summed E-state index contributed by atoms with van der Waals surface area (Å²) in [6, 6.07) is 0. The number of carbonyl (C=O) groups is 1. The molecule has 3 nitrogen and oxygen atoms in total. The van der Waals surface area contributed by atoms with E-state index in [1.165, 1.54) is 24.6 Å². The van der Waals surface area contributed by atoms with Gasteiger partial charge in [-0.2, -0.15) is 11.8 Å². The van der Waals surface area contributed by atoms with E-state index in [1.807, 2.05) is 11.8 Å². The van der Waals surface area contributed by atoms with Crippen LogP contribution in [0.15, 0.2) is 0 Å². The number of nitrogens with one attached hydrogen (secondary N) is 1. The Bertz CT molecular complexity index is 146. The highest BCUT2D eigenvalue weighted by molar-refractivity contribution is 7.99. The molecular formula is C8H15NO2S. The van der Waals surface area contributed by atoms with Crippen LogP contribution in [0.1, 0.15) is 12.8 Å². The van der Waals surface area contributed by atoms with Gasteiger partial charge in [-0.3, -0.25) is 0 Å². The molecule has 1 N–H and O–H groups in total. The van der Waals surface area contributed by atoms with Crippen molar-refractivity contribution in [2.75, 3.05) is 31.1 Å². The van der Waals surface area contributed by atoms with Crippen LogP contribution < -0.4 is 10.0 Å². The molecule has 0 aromatic carbocycles. The van der Waals surface area contributed by atoms with Crippen molar-refractivity contribution in [2.45, 2.75) is 12.8 Å². The minimum Gasteiger partial charge on any atom is -0.550 e. The second kappa shape index (κ2) is 5.43. The monoisotopic (exact) mass is 189 g/mol. The molecule has 1 aliphatic heterocycles. The molecule has 0 unspecified atom stereocenters. The minimum atomic E-state index is -0.916. The Labute approximate surface area is 77.1 Å². The molecule has 0 radical (unpaired) electrons. The zero-order chi connectivity index (χ0) is 8.81. The summed E-state index contributed by atoms with van der Waals surface area (Å²) in [6.07, 6.45) is 0.985. The van der Waals surface area contributed by atoms with Crippen molar-refractivity contribution < 1.29 is 14.8 Å². The molecule has 1 rings (SSSR count). The molecule has 0 saturated carbocycles. The maximum Gasteiger partial charge on any atom is 0.0863 e.